The third-order valence-electron chi connectivity index (χ3n) is 2.80. The average molecular weight is 257 g/mol. The third-order valence-corrected chi connectivity index (χ3v) is 2.80. The van der Waals surface area contributed by atoms with Crippen LogP contribution >= 0.6 is 0 Å². The molecular weight excluding hydrogens is 238 g/mol. The lowest BCUT2D eigenvalue weighted by molar-refractivity contribution is 0.244. The van der Waals surface area contributed by atoms with E-state index in [2.05, 4.69) is 0 Å². The molecule has 0 aliphatic carbocycles. The van der Waals surface area contributed by atoms with Crippen molar-refractivity contribution in [1.82, 2.24) is 0 Å². The predicted octanol–water partition coefficient (Wildman–Crippen LogP) is 3.73. The van der Waals surface area contributed by atoms with Crippen LogP contribution < -0.4 is 15.2 Å². The van der Waals surface area contributed by atoms with E-state index in [9.17, 15) is 0 Å². The van der Waals surface area contributed by atoms with E-state index in [1.807, 2.05) is 56.3 Å². The highest BCUT2D eigenvalue weighted by Crippen LogP contribution is 2.30. The summed E-state index contributed by atoms with van der Waals surface area (Å²) < 4.78 is 10.8. The van der Waals surface area contributed by atoms with Gasteiger partial charge in [0.25, 0.3) is 0 Å². The van der Waals surface area contributed by atoms with Crippen LogP contribution in [0, 0.1) is 0 Å². The minimum absolute atomic E-state index is 0.120. The van der Waals surface area contributed by atoms with Crippen LogP contribution in [-0.4, -0.2) is 13.2 Å². The number of rotatable bonds is 4. The monoisotopic (exact) mass is 257 g/mol. The van der Waals surface area contributed by atoms with Crippen LogP contribution in [0.2, 0.25) is 0 Å². The van der Waals surface area contributed by atoms with Gasteiger partial charge in [-0.2, -0.15) is 0 Å². The van der Waals surface area contributed by atoms with Crippen molar-refractivity contribution in [2.24, 2.45) is 0 Å². The van der Waals surface area contributed by atoms with Gasteiger partial charge in [0.2, 0.25) is 0 Å². The number of hydrogen-bond donors (Lipinski definition) is 1. The van der Waals surface area contributed by atoms with Crippen LogP contribution in [0.15, 0.2) is 42.5 Å². The first-order valence-corrected chi connectivity index (χ1v) is 6.30. The fourth-order valence-electron chi connectivity index (χ4n) is 1.87. The molecule has 0 amide bonds. The van der Waals surface area contributed by atoms with Gasteiger partial charge in [0, 0.05) is 0 Å². The number of benzene rings is 2. The maximum Gasteiger partial charge on any atom is 0.142 e. The molecule has 3 heteroatoms. The number of nitrogen functional groups attached to an aromatic ring is 1. The highest BCUT2D eigenvalue weighted by Gasteiger charge is 2.05. The summed E-state index contributed by atoms with van der Waals surface area (Å²) in [7, 11) is 1.66. The molecule has 2 aromatic rings. The minimum atomic E-state index is 0.120. The molecule has 0 atom stereocenters. The number of anilines is 1. The largest absolute Gasteiger partial charge is 0.497 e. The van der Waals surface area contributed by atoms with Gasteiger partial charge in [-0.1, -0.05) is 18.2 Å². The molecule has 2 N–H and O–H groups in total. The van der Waals surface area contributed by atoms with Crippen molar-refractivity contribution < 1.29 is 9.47 Å². The Morgan fingerprint density at radius 3 is 2.11 bits per heavy atom. The van der Waals surface area contributed by atoms with Gasteiger partial charge in [-0.25, -0.2) is 0 Å². The number of hydrogen-bond acceptors (Lipinski definition) is 3. The summed E-state index contributed by atoms with van der Waals surface area (Å²) in [4.78, 5) is 0. The predicted molar refractivity (Wildman–Crippen MR) is 78.6 cm³/mol. The second kappa shape index (κ2) is 5.65. The molecule has 0 unspecified atom stereocenters. The van der Waals surface area contributed by atoms with Crippen molar-refractivity contribution in [3.8, 4) is 22.6 Å². The van der Waals surface area contributed by atoms with Crippen molar-refractivity contribution in [3.05, 3.63) is 42.5 Å². The van der Waals surface area contributed by atoms with Gasteiger partial charge in [0.15, 0.2) is 0 Å². The number of nitrogens with two attached hydrogens (primary N) is 1. The Kier molecular flexibility index (Phi) is 3.95. The van der Waals surface area contributed by atoms with Crippen molar-refractivity contribution in [2.75, 3.05) is 12.8 Å². The summed E-state index contributed by atoms with van der Waals surface area (Å²) >= 11 is 0. The van der Waals surface area contributed by atoms with E-state index < -0.39 is 0 Å². The molecule has 0 heterocycles. The molecule has 0 fully saturated rings. The summed E-state index contributed by atoms with van der Waals surface area (Å²) in [6.07, 6.45) is 0.120. The molecule has 2 rings (SSSR count). The van der Waals surface area contributed by atoms with Gasteiger partial charge < -0.3 is 15.2 Å². The van der Waals surface area contributed by atoms with Crippen LogP contribution in [0.4, 0.5) is 5.69 Å². The Labute approximate surface area is 114 Å². The SMILES string of the molecule is COc1ccc(-c2ccc(OC(C)C)c(N)c2)cc1. The van der Waals surface area contributed by atoms with E-state index in [0.717, 1.165) is 22.6 Å². The lowest BCUT2D eigenvalue weighted by Gasteiger charge is -2.13. The van der Waals surface area contributed by atoms with Gasteiger partial charge in [0.05, 0.1) is 18.9 Å². The van der Waals surface area contributed by atoms with E-state index in [4.69, 9.17) is 15.2 Å². The molecule has 19 heavy (non-hydrogen) atoms. The third kappa shape index (κ3) is 3.19. The van der Waals surface area contributed by atoms with Gasteiger partial charge in [-0.3, -0.25) is 0 Å². The molecule has 0 saturated carbocycles. The molecule has 0 spiro atoms. The maximum absolute atomic E-state index is 6.01. The average Bonchev–Trinajstić information content (AvgIpc) is 2.41. The molecule has 0 aliphatic rings. The van der Waals surface area contributed by atoms with Crippen LogP contribution in [0.1, 0.15) is 13.8 Å². The fourth-order valence-corrected chi connectivity index (χ4v) is 1.87. The maximum atomic E-state index is 6.01. The smallest absolute Gasteiger partial charge is 0.142 e. The first-order valence-electron chi connectivity index (χ1n) is 6.30. The minimum Gasteiger partial charge on any atom is -0.497 e. The van der Waals surface area contributed by atoms with E-state index in [1.54, 1.807) is 7.11 Å². The Balaban J connectivity index is 2.27. The lowest BCUT2D eigenvalue weighted by Crippen LogP contribution is -2.07. The highest BCUT2D eigenvalue weighted by molar-refractivity contribution is 5.71. The van der Waals surface area contributed by atoms with Crippen LogP contribution in [0.3, 0.4) is 0 Å². The van der Waals surface area contributed by atoms with E-state index in [1.165, 1.54) is 0 Å². The van der Waals surface area contributed by atoms with Crippen molar-refractivity contribution in [3.63, 3.8) is 0 Å². The van der Waals surface area contributed by atoms with Gasteiger partial charge in [0.1, 0.15) is 11.5 Å². The number of methoxy groups -OCH3 is 1. The quantitative estimate of drug-likeness (QED) is 0.849. The Morgan fingerprint density at radius 1 is 0.947 bits per heavy atom. The van der Waals surface area contributed by atoms with Gasteiger partial charge >= 0.3 is 0 Å². The molecule has 0 saturated heterocycles. The first-order chi connectivity index (χ1) is 9.10. The molecule has 0 radical (unpaired) electrons. The molecule has 0 aliphatic heterocycles. The molecular formula is C16H19NO2. The van der Waals surface area contributed by atoms with Crippen LogP contribution in [0.5, 0.6) is 11.5 Å². The molecule has 3 nitrogen and oxygen atoms in total. The molecule has 2 aromatic carbocycles. The normalized spacial score (nSPS) is 10.5. The molecule has 0 aromatic heterocycles. The first kappa shape index (κ1) is 13.3. The summed E-state index contributed by atoms with van der Waals surface area (Å²) in [5.74, 6) is 1.57. The summed E-state index contributed by atoms with van der Waals surface area (Å²) in [5.41, 5.74) is 8.83. The number of ether oxygens (including phenoxy) is 2. The van der Waals surface area contributed by atoms with Crippen LogP contribution in [-0.2, 0) is 0 Å². The van der Waals surface area contributed by atoms with Gasteiger partial charge in [-0.05, 0) is 49.2 Å². The Bertz CT molecular complexity index is 547. The highest BCUT2D eigenvalue weighted by atomic mass is 16.5. The van der Waals surface area contributed by atoms with Crippen molar-refractivity contribution in [2.45, 2.75) is 20.0 Å². The van der Waals surface area contributed by atoms with Crippen molar-refractivity contribution in [1.29, 1.82) is 0 Å². The lowest BCUT2D eigenvalue weighted by atomic mass is 10.0. The summed E-state index contributed by atoms with van der Waals surface area (Å²) in [5, 5.41) is 0. The fraction of sp³-hybridized carbons (Fsp3) is 0.250. The molecule has 0 bridgehead atoms. The van der Waals surface area contributed by atoms with Crippen LogP contribution in [0.25, 0.3) is 11.1 Å². The summed E-state index contributed by atoms with van der Waals surface area (Å²) in [6, 6.07) is 13.7. The zero-order chi connectivity index (χ0) is 13.8. The standard InChI is InChI=1S/C16H19NO2/c1-11(2)19-16-9-6-13(10-15(16)17)12-4-7-14(18-3)8-5-12/h4-11H,17H2,1-3H3. The topological polar surface area (TPSA) is 44.5 Å². The Morgan fingerprint density at radius 2 is 1.58 bits per heavy atom. The second-order valence-corrected chi connectivity index (χ2v) is 4.65. The second-order valence-electron chi connectivity index (χ2n) is 4.65. The zero-order valence-corrected chi connectivity index (χ0v) is 11.5. The summed E-state index contributed by atoms with van der Waals surface area (Å²) in [6.45, 7) is 3.97. The van der Waals surface area contributed by atoms with E-state index >= 15 is 0 Å². The van der Waals surface area contributed by atoms with Gasteiger partial charge in [-0.15, -0.1) is 0 Å². The molecule has 100 valence electrons. The van der Waals surface area contributed by atoms with Crippen molar-refractivity contribution >= 4 is 5.69 Å². The Hall–Kier alpha value is -2.16. The zero-order valence-electron chi connectivity index (χ0n) is 11.5. The van der Waals surface area contributed by atoms with E-state index in [0.29, 0.717) is 5.69 Å². The van der Waals surface area contributed by atoms with E-state index in [-0.39, 0.29) is 6.10 Å².